The maximum Gasteiger partial charge on any atom is 0.239 e. The number of aldehydes is 1. The lowest BCUT2D eigenvalue weighted by Crippen LogP contribution is -2.35. The number of hydrogen-bond donors (Lipinski definition) is 1. The molecule has 5 heteroatoms. The van der Waals surface area contributed by atoms with E-state index in [9.17, 15) is 9.59 Å². The van der Waals surface area contributed by atoms with Crippen molar-refractivity contribution in [3.8, 4) is 6.07 Å². The highest BCUT2D eigenvalue weighted by Gasteiger charge is 2.11. The third-order valence-electron chi connectivity index (χ3n) is 2.44. The van der Waals surface area contributed by atoms with Crippen LogP contribution in [0.3, 0.4) is 0 Å². The van der Waals surface area contributed by atoms with Gasteiger partial charge in [-0.1, -0.05) is 0 Å². The van der Waals surface area contributed by atoms with Gasteiger partial charge in [0.1, 0.15) is 12.4 Å². The first-order valence-corrected chi connectivity index (χ1v) is 5.59. The summed E-state index contributed by atoms with van der Waals surface area (Å²) in [5.41, 5.74) is 1.46. The quantitative estimate of drug-likeness (QED) is 0.784. The Bertz CT molecular complexity index is 491. The molecule has 5 nitrogen and oxygen atoms in total. The topological polar surface area (TPSA) is 73.2 Å². The number of hydrogen-bond acceptors (Lipinski definition) is 4. The first-order chi connectivity index (χ1) is 8.62. The summed E-state index contributed by atoms with van der Waals surface area (Å²) in [4.78, 5) is 23.8. The standard InChI is InChI=1S/C13H15N3O2/c1-3-15-13(18)8-16(2)12-5-4-10(9-17)6-11(12)7-14/h4-6,9H,3,8H2,1-2H3,(H,15,18). The van der Waals surface area contributed by atoms with E-state index in [0.717, 1.165) is 0 Å². The zero-order chi connectivity index (χ0) is 13.5. The van der Waals surface area contributed by atoms with Crippen LogP contribution in [0.4, 0.5) is 5.69 Å². The Labute approximate surface area is 106 Å². The van der Waals surface area contributed by atoms with E-state index in [1.807, 2.05) is 13.0 Å². The second-order valence-electron chi connectivity index (χ2n) is 3.82. The number of nitrogens with zero attached hydrogens (tertiary/aromatic N) is 2. The van der Waals surface area contributed by atoms with Crippen LogP contribution < -0.4 is 10.2 Å². The molecule has 0 spiro atoms. The van der Waals surface area contributed by atoms with Crippen molar-refractivity contribution >= 4 is 17.9 Å². The first-order valence-electron chi connectivity index (χ1n) is 5.59. The first kappa shape index (κ1) is 13.7. The van der Waals surface area contributed by atoms with Crippen LogP contribution in [-0.4, -0.2) is 32.3 Å². The van der Waals surface area contributed by atoms with Crippen molar-refractivity contribution < 1.29 is 9.59 Å². The van der Waals surface area contributed by atoms with Crippen molar-refractivity contribution in [2.45, 2.75) is 6.92 Å². The molecular formula is C13H15N3O2. The predicted molar refractivity (Wildman–Crippen MR) is 68.5 cm³/mol. The average Bonchev–Trinajstić information content (AvgIpc) is 2.38. The van der Waals surface area contributed by atoms with Crippen LogP contribution in [0.1, 0.15) is 22.8 Å². The van der Waals surface area contributed by atoms with E-state index in [-0.39, 0.29) is 12.5 Å². The van der Waals surface area contributed by atoms with Crippen molar-refractivity contribution in [1.82, 2.24) is 5.32 Å². The number of amides is 1. The van der Waals surface area contributed by atoms with Crippen LogP contribution in [0.5, 0.6) is 0 Å². The Hall–Kier alpha value is -2.35. The molecule has 1 amide bonds. The van der Waals surface area contributed by atoms with E-state index in [0.29, 0.717) is 29.6 Å². The number of nitriles is 1. The van der Waals surface area contributed by atoms with Gasteiger partial charge in [-0.2, -0.15) is 5.26 Å². The van der Waals surface area contributed by atoms with Gasteiger partial charge in [0.2, 0.25) is 5.91 Å². The van der Waals surface area contributed by atoms with E-state index in [1.165, 1.54) is 6.07 Å². The number of carbonyl (C=O) groups is 2. The monoisotopic (exact) mass is 245 g/mol. The molecule has 1 aromatic carbocycles. The van der Waals surface area contributed by atoms with Crippen molar-refractivity contribution in [3.05, 3.63) is 29.3 Å². The molecule has 0 unspecified atom stereocenters. The van der Waals surface area contributed by atoms with Crippen LogP contribution in [0.25, 0.3) is 0 Å². The van der Waals surface area contributed by atoms with Gasteiger partial charge in [-0.05, 0) is 25.1 Å². The van der Waals surface area contributed by atoms with Crippen molar-refractivity contribution in [2.24, 2.45) is 0 Å². The summed E-state index contributed by atoms with van der Waals surface area (Å²) in [6.45, 7) is 2.59. The highest BCUT2D eigenvalue weighted by molar-refractivity contribution is 5.83. The molecule has 0 fully saturated rings. The molecule has 0 saturated heterocycles. The van der Waals surface area contributed by atoms with Crippen molar-refractivity contribution in [3.63, 3.8) is 0 Å². The number of likely N-dealkylation sites (N-methyl/N-ethyl adjacent to an activating group) is 2. The molecule has 0 saturated carbocycles. The molecule has 0 bridgehead atoms. The highest BCUT2D eigenvalue weighted by atomic mass is 16.2. The Morgan fingerprint density at radius 1 is 1.56 bits per heavy atom. The SMILES string of the molecule is CCNC(=O)CN(C)c1ccc(C=O)cc1C#N. The van der Waals surface area contributed by atoms with Gasteiger partial charge >= 0.3 is 0 Å². The molecule has 0 aromatic heterocycles. The Morgan fingerprint density at radius 3 is 2.83 bits per heavy atom. The number of nitrogens with one attached hydrogen (secondary N) is 1. The number of carbonyl (C=O) groups excluding carboxylic acids is 2. The fourth-order valence-electron chi connectivity index (χ4n) is 1.60. The molecule has 0 aliphatic carbocycles. The fourth-order valence-corrected chi connectivity index (χ4v) is 1.60. The summed E-state index contributed by atoms with van der Waals surface area (Å²) < 4.78 is 0. The van der Waals surface area contributed by atoms with E-state index in [1.54, 1.807) is 24.1 Å². The third kappa shape index (κ3) is 3.32. The maximum atomic E-state index is 11.5. The zero-order valence-electron chi connectivity index (χ0n) is 10.4. The molecule has 1 aromatic rings. The summed E-state index contributed by atoms with van der Waals surface area (Å²) in [6, 6.07) is 6.83. The molecule has 0 heterocycles. The van der Waals surface area contributed by atoms with Gasteiger partial charge in [-0.3, -0.25) is 9.59 Å². The van der Waals surface area contributed by atoms with Gasteiger partial charge in [0.05, 0.1) is 17.8 Å². The molecule has 0 radical (unpaired) electrons. The summed E-state index contributed by atoms with van der Waals surface area (Å²) >= 11 is 0. The van der Waals surface area contributed by atoms with Gasteiger partial charge in [-0.25, -0.2) is 0 Å². The van der Waals surface area contributed by atoms with Crippen LogP contribution in [0.2, 0.25) is 0 Å². The summed E-state index contributed by atoms with van der Waals surface area (Å²) in [6.07, 6.45) is 0.689. The van der Waals surface area contributed by atoms with Gasteiger partial charge < -0.3 is 10.2 Å². The number of anilines is 1. The largest absolute Gasteiger partial charge is 0.364 e. The van der Waals surface area contributed by atoms with E-state index >= 15 is 0 Å². The molecule has 0 aliphatic heterocycles. The number of rotatable bonds is 5. The molecule has 0 aliphatic rings. The smallest absolute Gasteiger partial charge is 0.239 e. The lowest BCUT2D eigenvalue weighted by atomic mass is 10.1. The molecule has 94 valence electrons. The van der Waals surface area contributed by atoms with Gasteiger partial charge in [0.15, 0.2) is 0 Å². The predicted octanol–water partition coefficient (Wildman–Crippen LogP) is 0.943. The highest BCUT2D eigenvalue weighted by Crippen LogP contribution is 2.19. The molecule has 18 heavy (non-hydrogen) atoms. The van der Waals surface area contributed by atoms with Gasteiger partial charge in [0, 0.05) is 19.2 Å². The van der Waals surface area contributed by atoms with Gasteiger partial charge in [0.25, 0.3) is 0 Å². The van der Waals surface area contributed by atoms with E-state index in [2.05, 4.69) is 5.32 Å². The fraction of sp³-hybridized carbons (Fsp3) is 0.308. The Balaban J connectivity index is 2.92. The van der Waals surface area contributed by atoms with Crippen molar-refractivity contribution in [2.75, 3.05) is 25.0 Å². The number of benzene rings is 1. The maximum absolute atomic E-state index is 11.5. The normalized spacial score (nSPS) is 9.39. The Morgan fingerprint density at radius 2 is 2.28 bits per heavy atom. The lowest BCUT2D eigenvalue weighted by Gasteiger charge is -2.19. The van der Waals surface area contributed by atoms with Crippen LogP contribution in [0, 0.1) is 11.3 Å². The van der Waals surface area contributed by atoms with E-state index in [4.69, 9.17) is 5.26 Å². The van der Waals surface area contributed by atoms with E-state index < -0.39 is 0 Å². The average molecular weight is 245 g/mol. The van der Waals surface area contributed by atoms with Crippen molar-refractivity contribution in [1.29, 1.82) is 5.26 Å². The molecule has 1 N–H and O–H groups in total. The minimum absolute atomic E-state index is 0.108. The van der Waals surface area contributed by atoms with Crippen LogP contribution in [-0.2, 0) is 4.79 Å². The summed E-state index contributed by atoms with van der Waals surface area (Å²) in [7, 11) is 1.73. The minimum atomic E-state index is -0.108. The van der Waals surface area contributed by atoms with Gasteiger partial charge in [-0.15, -0.1) is 0 Å². The minimum Gasteiger partial charge on any atom is -0.364 e. The Kier molecular flexibility index (Phi) is 4.88. The lowest BCUT2D eigenvalue weighted by molar-refractivity contribution is -0.119. The van der Waals surface area contributed by atoms with Crippen LogP contribution >= 0.6 is 0 Å². The summed E-state index contributed by atoms with van der Waals surface area (Å²) in [5, 5.41) is 11.7. The molecular weight excluding hydrogens is 230 g/mol. The molecule has 1 rings (SSSR count). The zero-order valence-corrected chi connectivity index (χ0v) is 10.4. The molecule has 0 atom stereocenters. The van der Waals surface area contributed by atoms with Crippen LogP contribution in [0.15, 0.2) is 18.2 Å². The second kappa shape index (κ2) is 6.40. The summed E-state index contributed by atoms with van der Waals surface area (Å²) in [5.74, 6) is -0.108. The second-order valence-corrected chi connectivity index (χ2v) is 3.82. The third-order valence-corrected chi connectivity index (χ3v) is 2.44.